The largest absolute Gasteiger partial charge is 0.465 e. The summed E-state index contributed by atoms with van der Waals surface area (Å²) >= 11 is 3.53. The molecule has 40 heavy (non-hydrogen) atoms. The molecular formula is C25H21BrFN9O4. The van der Waals surface area contributed by atoms with Crippen LogP contribution in [0.4, 0.5) is 26.5 Å². The van der Waals surface area contributed by atoms with Gasteiger partial charge in [-0.15, -0.1) is 0 Å². The quantitative estimate of drug-likeness (QED) is 0.258. The number of amides is 1. The van der Waals surface area contributed by atoms with Crippen LogP contribution in [0.5, 0.6) is 11.5 Å². The fraction of sp³-hybridized carbons (Fsp3) is 0.200. The summed E-state index contributed by atoms with van der Waals surface area (Å²) in [6, 6.07) is 8.96. The van der Waals surface area contributed by atoms with Gasteiger partial charge in [-0.1, -0.05) is 0 Å². The number of carbonyl (C=O) groups is 1. The summed E-state index contributed by atoms with van der Waals surface area (Å²) in [4.78, 5) is 32.0. The zero-order valence-corrected chi connectivity index (χ0v) is 22.2. The number of aliphatic hydroxyl groups excluding tert-OH is 1. The number of anilines is 3. The lowest BCUT2D eigenvalue weighted by molar-refractivity contribution is 0.0909. The van der Waals surface area contributed by atoms with Gasteiger partial charge in [0.2, 0.25) is 0 Å². The van der Waals surface area contributed by atoms with Crippen LogP contribution in [0.3, 0.4) is 0 Å². The number of pyridine rings is 2. The molecule has 0 unspecified atom stereocenters. The molecule has 0 saturated carbocycles. The number of carboxylic acid groups (broad SMARTS) is 1. The van der Waals surface area contributed by atoms with Gasteiger partial charge >= 0.3 is 6.09 Å². The zero-order chi connectivity index (χ0) is 27.8. The van der Waals surface area contributed by atoms with Crippen LogP contribution in [0, 0.1) is 5.82 Å². The summed E-state index contributed by atoms with van der Waals surface area (Å²) in [6.45, 7) is 0.501. The molecule has 1 saturated heterocycles. The van der Waals surface area contributed by atoms with Gasteiger partial charge in [-0.05, 0) is 40.2 Å². The number of aliphatic hydroxyl groups is 1. The molecule has 1 aromatic carbocycles. The second-order valence-electron chi connectivity index (χ2n) is 8.94. The maximum Gasteiger partial charge on any atom is 0.407 e. The Balaban J connectivity index is 1.26. The Labute approximate surface area is 234 Å². The van der Waals surface area contributed by atoms with Crippen LogP contribution < -0.4 is 15.0 Å². The topological polar surface area (TPSA) is 154 Å². The lowest BCUT2D eigenvalue weighted by atomic mass is 10.2. The van der Waals surface area contributed by atoms with Crippen molar-refractivity contribution in [3.05, 3.63) is 65.5 Å². The smallest absolute Gasteiger partial charge is 0.407 e. The molecule has 1 aliphatic rings. The van der Waals surface area contributed by atoms with Gasteiger partial charge in [0.15, 0.2) is 11.5 Å². The van der Waals surface area contributed by atoms with Gasteiger partial charge in [0.1, 0.15) is 41.3 Å². The van der Waals surface area contributed by atoms with Crippen molar-refractivity contribution in [3.8, 4) is 11.5 Å². The number of halogens is 2. The summed E-state index contributed by atoms with van der Waals surface area (Å²) < 4.78 is 23.2. The monoisotopic (exact) mass is 609 g/mol. The standard InChI is InChI=1S/C25H21BrFN9O4/c26-17-9-20-22(33-24(17)34-5-6-35(25(38)39)14(10-34)11-37)23(30-12-28-20)32-19-2-1-15(7-18(19)27)40-16-3-4-36-21(8-16)29-13-31-36/h1-4,7-9,12-14,37H,5-6,10-11H2,(H,38,39)(H,28,30,32)/t14-/m0/s1. The van der Waals surface area contributed by atoms with E-state index in [1.165, 1.54) is 29.7 Å². The first kappa shape index (κ1) is 25.6. The van der Waals surface area contributed by atoms with Crippen molar-refractivity contribution < 1.29 is 24.1 Å². The van der Waals surface area contributed by atoms with Crippen LogP contribution in [-0.4, -0.2) is 83.0 Å². The van der Waals surface area contributed by atoms with E-state index in [4.69, 9.17) is 9.72 Å². The number of piperazine rings is 1. The first-order valence-electron chi connectivity index (χ1n) is 12.1. The molecule has 1 fully saturated rings. The fourth-order valence-corrected chi connectivity index (χ4v) is 5.06. The highest BCUT2D eigenvalue weighted by molar-refractivity contribution is 9.10. The average Bonchev–Trinajstić information content (AvgIpc) is 3.42. The van der Waals surface area contributed by atoms with Gasteiger partial charge in [-0.2, -0.15) is 5.10 Å². The van der Waals surface area contributed by atoms with E-state index in [9.17, 15) is 15.0 Å². The predicted molar refractivity (Wildman–Crippen MR) is 146 cm³/mol. The number of ether oxygens (including phenoxy) is 1. The number of aromatic nitrogens is 6. The van der Waals surface area contributed by atoms with E-state index in [1.54, 1.807) is 35.0 Å². The normalized spacial score (nSPS) is 15.5. The third-order valence-electron chi connectivity index (χ3n) is 6.47. The Hall–Kier alpha value is -4.63. The van der Waals surface area contributed by atoms with E-state index >= 15 is 4.39 Å². The van der Waals surface area contributed by atoms with E-state index in [-0.39, 0.29) is 31.2 Å². The molecule has 0 radical (unpaired) electrons. The van der Waals surface area contributed by atoms with E-state index in [0.717, 1.165) is 0 Å². The molecule has 5 heterocycles. The summed E-state index contributed by atoms with van der Waals surface area (Å²) in [5.74, 6) is 1.02. The Kier molecular flexibility index (Phi) is 6.73. The average molecular weight is 610 g/mol. The molecule has 0 bridgehead atoms. The summed E-state index contributed by atoms with van der Waals surface area (Å²) in [5, 5.41) is 26.2. The lowest BCUT2D eigenvalue weighted by Crippen LogP contribution is -2.56. The molecule has 1 aliphatic heterocycles. The van der Waals surface area contributed by atoms with E-state index < -0.39 is 18.0 Å². The molecule has 5 aromatic rings. The Morgan fingerprint density at radius 3 is 2.77 bits per heavy atom. The van der Waals surface area contributed by atoms with E-state index in [2.05, 4.69) is 41.3 Å². The van der Waals surface area contributed by atoms with Crippen LogP contribution in [0.25, 0.3) is 16.7 Å². The van der Waals surface area contributed by atoms with Gasteiger partial charge in [0, 0.05) is 38.0 Å². The number of hydrogen-bond donors (Lipinski definition) is 3. The number of fused-ring (bicyclic) bond motifs is 2. The Bertz CT molecular complexity index is 1740. The van der Waals surface area contributed by atoms with Crippen molar-refractivity contribution >= 4 is 56.0 Å². The van der Waals surface area contributed by atoms with E-state index in [0.29, 0.717) is 45.0 Å². The van der Waals surface area contributed by atoms with Gasteiger partial charge in [-0.25, -0.2) is 33.6 Å². The maximum absolute atomic E-state index is 15.1. The van der Waals surface area contributed by atoms with Crippen molar-refractivity contribution in [3.63, 3.8) is 0 Å². The molecule has 0 spiro atoms. The van der Waals surface area contributed by atoms with E-state index in [1.807, 2.05) is 4.90 Å². The highest BCUT2D eigenvalue weighted by Gasteiger charge is 2.31. The third kappa shape index (κ3) is 4.91. The molecule has 4 aromatic heterocycles. The van der Waals surface area contributed by atoms with Gasteiger partial charge in [0.05, 0.1) is 28.3 Å². The maximum atomic E-state index is 15.1. The molecule has 1 atom stereocenters. The lowest BCUT2D eigenvalue weighted by Gasteiger charge is -2.40. The summed E-state index contributed by atoms with van der Waals surface area (Å²) in [6.07, 6.45) is 3.39. The second kappa shape index (κ2) is 10.5. The number of rotatable bonds is 6. The minimum Gasteiger partial charge on any atom is -0.465 e. The van der Waals surface area contributed by atoms with Crippen molar-refractivity contribution in [2.75, 3.05) is 36.5 Å². The van der Waals surface area contributed by atoms with Crippen LogP contribution in [0.2, 0.25) is 0 Å². The molecule has 13 nitrogen and oxygen atoms in total. The Morgan fingerprint density at radius 1 is 1.12 bits per heavy atom. The Morgan fingerprint density at radius 2 is 1.98 bits per heavy atom. The number of nitrogens with zero attached hydrogens (tertiary/aromatic N) is 8. The van der Waals surface area contributed by atoms with Crippen molar-refractivity contribution in [2.24, 2.45) is 0 Å². The molecule has 0 aliphatic carbocycles. The van der Waals surface area contributed by atoms with Gasteiger partial charge in [-0.3, -0.25) is 4.90 Å². The molecule has 204 valence electrons. The summed E-state index contributed by atoms with van der Waals surface area (Å²) in [7, 11) is 0. The van der Waals surface area contributed by atoms with Crippen LogP contribution in [0.15, 0.2) is 59.7 Å². The van der Waals surface area contributed by atoms with Crippen LogP contribution in [-0.2, 0) is 0 Å². The SMILES string of the molecule is O=C(O)N1CCN(c2nc3c(Nc4ccc(Oc5ccn6ncnc6c5)cc4F)ncnc3cc2Br)C[C@H]1CO. The zero-order valence-electron chi connectivity index (χ0n) is 20.6. The third-order valence-corrected chi connectivity index (χ3v) is 7.05. The number of hydrogen-bond acceptors (Lipinski definition) is 10. The molecule has 6 rings (SSSR count). The van der Waals surface area contributed by atoms with Crippen molar-refractivity contribution in [2.45, 2.75) is 6.04 Å². The fourth-order valence-electron chi connectivity index (χ4n) is 4.51. The number of benzene rings is 1. The second-order valence-corrected chi connectivity index (χ2v) is 9.79. The molecule has 15 heteroatoms. The highest BCUT2D eigenvalue weighted by atomic mass is 79.9. The molecular weight excluding hydrogens is 589 g/mol. The first-order chi connectivity index (χ1) is 19.4. The minimum absolute atomic E-state index is 0.155. The van der Waals surface area contributed by atoms with Crippen molar-refractivity contribution in [1.82, 2.24) is 34.4 Å². The molecule has 3 N–H and O–H groups in total. The van der Waals surface area contributed by atoms with Gasteiger partial charge in [0.25, 0.3) is 0 Å². The summed E-state index contributed by atoms with van der Waals surface area (Å²) in [5.41, 5.74) is 1.66. The highest BCUT2D eigenvalue weighted by Crippen LogP contribution is 2.33. The minimum atomic E-state index is -1.08. The predicted octanol–water partition coefficient (Wildman–Crippen LogP) is 3.67. The first-order valence-corrected chi connectivity index (χ1v) is 12.9. The van der Waals surface area contributed by atoms with Gasteiger partial charge < -0.3 is 25.2 Å². The van der Waals surface area contributed by atoms with Crippen molar-refractivity contribution in [1.29, 1.82) is 0 Å². The van der Waals surface area contributed by atoms with Crippen LogP contribution in [0.1, 0.15) is 0 Å². The number of nitrogens with one attached hydrogen (secondary N) is 1. The van der Waals surface area contributed by atoms with Crippen LogP contribution >= 0.6 is 15.9 Å². The molecule has 1 amide bonds.